The van der Waals surface area contributed by atoms with Crippen LogP contribution in [-0.2, 0) is 15.5 Å². The standard InChI is InChI=1S/CH3NO4S/c2-1(3)6-7(4)5/h(H2,2,3)(H,4,5)/p-1. The number of hydrogen-bond donors (Lipinski definition) is 1. The zero-order chi connectivity index (χ0) is 5.86. The smallest absolute Gasteiger partial charge is 0.417 e. The molecule has 0 aliphatic carbocycles. The van der Waals surface area contributed by atoms with Crippen molar-refractivity contribution in [2.75, 3.05) is 0 Å². The molecule has 6 heteroatoms. The second kappa shape index (κ2) is 2.54. The van der Waals surface area contributed by atoms with Gasteiger partial charge in [-0.1, -0.05) is 0 Å². The molecule has 0 spiro atoms. The normalized spacial score (nSPS) is 12.7. The van der Waals surface area contributed by atoms with Gasteiger partial charge < -0.3 is 14.5 Å². The van der Waals surface area contributed by atoms with Crippen molar-refractivity contribution in [3.63, 3.8) is 0 Å². The summed E-state index contributed by atoms with van der Waals surface area (Å²) in [4.78, 5) is 9.42. The largest absolute Gasteiger partial charge is 0.740 e. The zero-order valence-corrected chi connectivity index (χ0v) is 3.94. The molecule has 0 aliphatic heterocycles. The average Bonchev–Trinajstić information content (AvgIpc) is 1.27. The summed E-state index contributed by atoms with van der Waals surface area (Å²) in [5, 5.41) is 0. The van der Waals surface area contributed by atoms with Gasteiger partial charge >= 0.3 is 6.09 Å². The number of nitrogens with two attached hydrogens (primary N) is 1. The van der Waals surface area contributed by atoms with Crippen molar-refractivity contribution in [3.8, 4) is 0 Å². The molecule has 0 saturated carbocycles. The molecule has 0 heterocycles. The lowest BCUT2D eigenvalue weighted by molar-refractivity contribution is 0.211. The number of primary amides is 1. The Morgan fingerprint density at radius 1 is 1.86 bits per heavy atom. The number of amides is 1. The van der Waals surface area contributed by atoms with E-state index in [1.165, 1.54) is 0 Å². The monoisotopic (exact) mass is 124 g/mol. The van der Waals surface area contributed by atoms with E-state index in [1.807, 2.05) is 0 Å². The molecule has 42 valence electrons. The van der Waals surface area contributed by atoms with E-state index in [4.69, 9.17) is 0 Å². The zero-order valence-electron chi connectivity index (χ0n) is 3.12. The van der Waals surface area contributed by atoms with E-state index in [2.05, 4.69) is 9.92 Å². The summed E-state index contributed by atoms with van der Waals surface area (Å²) >= 11 is -2.82. The topological polar surface area (TPSA) is 92.5 Å². The van der Waals surface area contributed by atoms with Crippen molar-refractivity contribution < 1.29 is 17.7 Å². The quantitative estimate of drug-likeness (QED) is 0.448. The number of carbonyl (C=O) groups is 1. The van der Waals surface area contributed by atoms with Crippen molar-refractivity contribution in [1.29, 1.82) is 0 Å². The van der Waals surface area contributed by atoms with Gasteiger partial charge in [-0.2, -0.15) is 0 Å². The van der Waals surface area contributed by atoms with Gasteiger partial charge in [-0.25, -0.2) is 9.00 Å². The third kappa shape index (κ3) is 5.38. The Balaban J connectivity index is 3.32. The lowest BCUT2D eigenvalue weighted by Crippen LogP contribution is -2.13. The molecule has 0 aromatic rings. The first-order chi connectivity index (χ1) is 3.13. The van der Waals surface area contributed by atoms with Gasteiger partial charge in [0, 0.05) is 0 Å². The summed E-state index contributed by atoms with van der Waals surface area (Å²) in [6.07, 6.45) is -1.33. The van der Waals surface area contributed by atoms with Crippen LogP contribution in [-0.4, -0.2) is 14.9 Å². The summed E-state index contributed by atoms with van der Waals surface area (Å²) < 4.78 is 21.9. The highest BCUT2D eigenvalue weighted by Gasteiger charge is 1.87. The van der Waals surface area contributed by atoms with E-state index in [0.717, 1.165) is 0 Å². The summed E-state index contributed by atoms with van der Waals surface area (Å²) in [7, 11) is 0. The fourth-order valence-electron chi connectivity index (χ4n) is 0.0671. The first-order valence-electron chi connectivity index (χ1n) is 1.20. The van der Waals surface area contributed by atoms with Crippen LogP contribution in [0.3, 0.4) is 0 Å². The van der Waals surface area contributed by atoms with Crippen LogP contribution in [0.1, 0.15) is 0 Å². The minimum Gasteiger partial charge on any atom is -0.740 e. The van der Waals surface area contributed by atoms with Crippen molar-refractivity contribution >= 4 is 17.5 Å². The number of hydrogen-bond acceptors (Lipinski definition) is 4. The van der Waals surface area contributed by atoms with E-state index in [0.29, 0.717) is 0 Å². The van der Waals surface area contributed by atoms with Gasteiger partial charge in [-0.15, -0.1) is 0 Å². The maximum Gasteiger partial charge on any atom is 0.417 e. The SMILES string of the molecule is NC(=O)OS(=O)[O-]. The Bertz CT molecular complexity index is 87.9. The lowest BCUT2D eigenvalue weighted by atomic mass is 11.3. The fraction of sp³-hybridized carbons (Fsp3) is 0. The van der Waals surface area contributed by atoms with Crippen molar-refractivity contribution in [3.05, 3.63) is 0 Å². The van der Waals surface area contributed by atoms with Gasteiger partial charge in [0.25, 0.3) is 0 Å². The van der Waals surface area contributed by atoms with E-state index in [-0.39, 0.29) is 0 Å². The molecule has 7 heavy (non-hydrogen) atoms. The predicted molar refractivity (Wildman–Crippen MR) is 19.6 cm³/mol. The molecule has 0 saturated heterocycles. The first kappa shape index (κ1) is 6.38. The maximum atomic E-state index is 9.42. The van der Waals surface area contributed by atoms with Crippen LogP contribution in [0.4, 0.5) is 4.79 Å². The Kier molecular flexibility index (Phi) is 2.31. The molecule has 0 aromatic carbocycles. The summed E-state index contributed by atoms with van der Waals surface area (Å²) in [6.45, 7) is 0. The highest BCUT2D eigenvalue weighted by Crippen LogP contribution is 1.73. The average molecular weight is 124 g/mol. The molecule has 0 aromatic heterocycles. The molecule has 0 rings (SSSR count). The third-order valence-corrected chi connectivity index (χ3v) is 0.451. The van der Waals surface area contributed by atoms with Crippen LogP contribution in [0.5, 0.6) is 0 Å². The van der Waals surface area contributed by atoms with Crippen LogP contribution in [0, 0.1) is 0 Å². The van der Waals surface area contributed by atoms with Crippen LogP contribution in [0.2, 0.25) is 0 Å². The molecule has 0 radical (unpaired) electrons. The van der Waals surface area contributed by atoms with Gasteiger partial charge in [0.05, 0.1) is 0 Å². The van der Waals surface area contributed by atoms with E-state index >= 15 is 0 Å². The van der Waals surface area contributed by atoms with Gasteiger partial charge in [-0.05, 0) is 0 Å². The van der Waals surface area contributed by atoms with Crippen molar-refractivity contribution in [1.82, 2.24) is 0 Å². The molecule has 5 nitrogen and oxygen atoms in total. The Hall–Kier alpha value is -0.620. The molecule has 0 bridgehead atoms. The van der Waals surface area contributed by atoms with Crippen molar-refractivity contribution in [2.45, 2.75) is 0 Å². The Morgan fingerprint density at radius 3 is 2.29 bits per heavy atom. The summed E-state index contributed by atoms with van der Waals surface area (Å²) in [6, 6.07) is 0. The summed E-state index contributed by atoms with van der Waals surface area (Å²) in [5.41, 5.74) is 4.24. The van der Waals surface area contributed by atoms with Gasteiger partial charge in [0.2, 0.25) is 0 Å². The molecule has 1 atom stereocenters. The first-order valence-corrected chi connectivity index (χ1v) is 2.20. The number of rotatable bonds is 1. The van der Waals surface area contributed by atoms with Crippen molar-refractivity contribution in [2.24, 2.45) is 5.73 Å². The van der Waals surface area contributed by atoms with E-state index in [1.54, 1.807) is 0 Å². The molecular formula is CH2NO4S-. The highest BCUT2D eigenvalue weighted by molar-refractivity contribution is 7.74. The number of carbonyl (C=O) groups excluding carboxylic acids is 1. The van der Waals surface area contributed by atoms with Gasteiger partial charge in [0.15, 0.2) is 0 Å². The second-order valence-corrected chi connectivity index (χ2v) is 1.18. The van der Waals surface area contributed by atoms with Crippen LogP contribution >= 0.6 is 0 Å². The summed E-state index contributed by atoms with van der Waals surface area (Å²) in [5.74, 6) is 0. The Labute approximate surface area is 41.9 Å². The lowest BCUT2D eigenvalue weighted by Gasteiger charge is -1.98. The van der Waals surface area contributed by atoms with Crippen LogP contribution < -0.4 is 5.73 Å². The van der Waals surface area contributed by atoms with Crippen LogP contribution in [0.15, 0.2) is 0 Å². The third-order valence-electron chi connectivity index (χ3n) is 0.150. The minimum atomic E-state index is -2.82. The maximum absolute atomic E-state index is 9.42. The predicted octanol–water partition coefficient (Wildman–Crippen LogP) is -1.12. The molecule has 1 amide bonds. The highest BCUT2D eigenvalue weighted by atomic mass is 32.2. The Morgan fingerprint density at radius 2 is 2.29 bits per heavy atom. The minimum absolute atomic E-state index is 1.33. The van der Waals surface area contributed by atoms with E-state index in [9.17, 15) is 13.6 Å². The molecule has 1 unspecified atom stereocenters. The molecular weight excluding hydrogens is 122 g/mol. The molecule has 2 N–H and O–H groups in total. The fourth-order valence-corrected chi connectivity index (χ4v) is 0.201. The van der Waals surface area contributed by atoms with E-state index < -0.39 is 17.5 Å². The molecule has 0 fully saturated rings. The molecule has 0 aliphatic rings. The van der Waals surface area contributed by atoms with Crippen LogP contribution in [0.25, 0.3) is 0 Å². The van der Waals surface area contributed by atoms with Gasteiger partial charge in [0.1, 0.15) is 11.4 Å². The van der Waals surface area contributed by atoms with Gasteiger partial charge in [-0.3, -0.25) is 0 Å². The second-order valence-electron chi connectivity index (χ2n) is 0.606.